The van der Waals surface area contributed by atoms with Crippen LogP contribution in [-0.2, 0) is 27.2 Å². The summed E-state index contributed by atoms with van der Waals surface area (Å²) in [6.07, 6.45) is 3.79. The van der Waals surface area contributed by atoms with Gasteiger partial charge >= 0.3 is 0 Å². The van der Waals surface area contributed by atoms with Crippen molar-refractivity contribution in [2.24, 2.45) is 5.92 Å². The lowest BCUT2D eigenvalue weighted by Gasteiger charge is -2.33. The maximum Gasteiger partial charge on any atom is 0.224 e. The number of carbonyl (C=O) groups is 2. The molecule has 0 spiro atoms. The molecule has 2 saturated heterocycles. The van der Waals surface area contributed by atoms with Crippen LogP contribution in [0.1, 0.15) is 36.9 Å². The van der Waals surface area contributed by atoms with Gasteiger partial charge in [0.1, 0.15) is 0 Å². The van der Waals surface area contributed by atoms with Crippen molar-refractivity contribution >= 4 is 23.2 Å². The Morgan fingerprint density at radius 2 is 2.18 bits per heavy atom. The summed E-state index contributed by atoms with van der Waals surface area (Å²) in [6, 6.07) is 0. The summed E-state index contributed by atoms with van der Waals surface area (Å²) in [7, 11) is 0. The molecule has 0 bridgehead atoms. The number of nitrogens with one attached hydrogen (secondary N) is 1. The number of amides is 2. The standard InChI is InChI=1S/C20H32N4O3S/c1-2-17-15-28-18(22-17)6-7-21-20(26)16-4-5-19(25)24(14-16)9-3-8-23-10-12-27-13-11-23/h15-16H,2-14H2,1H3,(H,21,26). The van der Waals surface area contributed by atoms with Crippen LogP contribution in [0.3, 0.4) is 0 Å². The van der Waals surface area contributed by atoms with Gasteiger partial charge in [-0.25, -0.2) is 4.98 Å². The van der Waals surface area contributed by atoms with Crippen LogP contribution in [0.25, 0.3) is 0 Å². The molecule has 2 fully saturated rings. The highest BCUT2D eigenvalue weighted by molar-refractivity contribution is 7.09. The Morgan fingerprint density at radius 1 is 1.36 bits per heavy atom. The van der Waals surface area contributed by atoms with Gasteiger partial charge in [0, 0.05) is 57.5 Å². The zero-order chi connectivity index (χ0) is 19.8. The number of aryl methyl sites for hydroxylation is 1. The fourth-order valence-electron chi connectivity index (χ4n) is 3.72. The second kappa shape index (κ2) is 10.9. The highest BCUT2D eigenvalue weighted by Gasteiger charge is 2.29. The molecule has 0 aromatic carbocycles. The molecular formula is C20H32N4O3S. The van der Waals surface area contributed by atoms with Crippen LogP contribution in [0.5, 0.6) is 0 Å². The van der Waals surface area contributed by atoms with Crippen molar-refractivity contribution in [3.63, 3.8) is 0 Å². The molecule has 0 aliphatic carbocycles. The van der Waals surface area contributed by atoms with Crippen molar-refractivity contribution in [3.8, 4) is 0 Å². The van der Waals surface area contributed by atoms with Gasteiger partial charge in [0.15, 0.2) is 0 Å². The van der Waals surface area contributed by atoms with Gasteiger partial charge in [-0.15, -0.1) is 11.3 Å². The average molecular weight is 409 g/mol. The third kappa shape index (κ3) is 6.25. The predicted octanol–water partition coefficient (Wildman–Crippen LogP) is 1.33. The lowest BCUT2D eigenvalue weighted by molar-refractivity contribution is -0.138. The van der Waals surface area contributed by atoms with Gasteiger partial charge in [-0.3, -0.25) is 14.5 Å². The second-order valence-corrected chi connectivity index (χ2v) is 8.45. The molecule has 2 amide bonds. The Morgan fingerprint density at radius 3 is 2.93 bits per heavy atom. The van der Waals surface area contributed by atoms with E-state index in [4.69, 9.17) is 4.74 Å². The topological polar surface area (TPSA) is 74.8 Å². The SMILES string of the molecule is CCc1csc(CCNC(=O)C2CCC(=O)N(CCCN3CCOCC3)C2)n1. The number of morpholine rings is 1. The molecule has 156 valence electrons. The first-order valence-corrected chi connectivity index (χ1v) is 11.3. The first kappa shape index (κ1) is 21.2. The largest absolute Gasteiger partial charge is 0.379 e. The maximum atomic E-state index is 12.5. The van der Waals surface area contributed by atoms with Gasteiger partial charge in [-0.2, -0.15) is 0 Å². The molecule has 7 nitrogen and oxygen atoms in total. The Balaban J connectivity index is 1.37. The summed E-state index contributed by atoms with van der Waals surface area (Å²) in [5.41, 5.74) is 1.12. The molecule has 1 unspecified atom stereocenters. The van der Waals surface area contributed by atoms with Gasteiger partial charge in [0.25, 0.3) is 0 Å². The Hall–Kier alpha value is -1.51. The number of hydrogen-bond acceptors (Lipinski definition) is 6. The normalized spacial score (nSPS) is 21.1. The van der Waals surface area contributed by atoms with E-state index >= 15 is 0 Å². The summed E-state index contributed by atoms with van der Waals surface area (Å²) in [4.78, 5) is 33.6. The third-order valence-electron chi connectivity index (χ3n) is 5.48. The summed E-state index contributed by atoms with van der Waals surface area (Å²) >= 11 is 1.66. The minimum absolute atomic E-state index is 0.0675. The van der Waals surface area contributed by atoms with Crippen LogP contribution in [0.15, 0.2) is 5.38 Å². The fourth-order valence-corrected chi connectivity index (χ4v) is 4.60. The molecule has 8 heteroatoms. The highest BCUT2D eigenvalue weighted by atomic mass is 32.1. The molecule has 3 rings (SSSR count). The summed E-state index contributed by atoms with van der Waals surface area (Å²) in [6.45, 7) is 8.50. The van der Waals surface area contributed by atoms with Gasteiger partial charge in [0.2, 0.25) is 11.8 Å². The average Bonchev–Trinajstić information content (AvgIpc) is 3.18. The lowest BCUT2D eigenvalue weighted by atomic mass is 9.96. The Kier molecular flexibility index (Phi) is 8.24. The molecule has 0 radical (unpaired) electrons. The molecule has 3 heterocycles. The molecule has 28 heavy (non-hydrogen) atoms. The van der Waals surface area contributed by atoms with Crippen molar-refractivity contribution in [3.05, 3.63) is 16.1 Å². The van der Waals surface area contributed by atoms with Crippen LogP contribution < -0.4 is 5.32 Å². The maximum absolute atomic E-state index is 12.5. The molecule has 2 aliphatic rings. The van der Waals surface area contributed by atoms with E-state index in [0.717, 1.165) is 69.4 Å². The first-order chi connectivity index (χ1) is 13.7. The zero-order valence-corrected chi connectivity index (χ0v) is 17.6. The molecule has 0 saturated carbocycles. The second-order valence-electron chi connectivity index (χ2n) is 7.51. The Bertz CT molecular complexity index is 645. The quantitative estimate of drug-likeness (QED) is 0.667. The van der Waals surface area contributed by atoms with E-state index in [1.165, 1.54) is 0 Å². The molecule has 1 aromatic rings. The van der Waals surface area contributed by atoms with Crippen molar-refractivity contribution in [2.75, 3.05) is 52.5 Å². The summed E-state index contributed by atoms with van der Waals surface area (Å²) < 4.78 is 5.37. The van der Waals surface area contributed by atoms with Crippen LogP contribution >= 0.6 is 11.3 Å². The van der Waals surface area contributed by atoms with Gasteiger partial charge < -0.3 is 15.0 Å². The lowest BCUT2D eigenvalue weighted by Crippen LogP contribution is -2.47. The van der Waals surface area contributed by atoms with E-state index in [2.05, 4.69) is 27.5 Å². The zero-order valence-electron chi connectivity index (χ0n) is 16.8. The van der Waals surface area contributed by atoms with Crippen molar-refractivity contribution < 1.29 is 14.3 Å². The van der Waals surface area contributed by atoms with E-state index in [-0.39, 0.29) is 17.7 Å². The van der Waals surface area contributed by atoms with Crippen molar-refractivity contribution in [2.45, 2.75) is 39.0 Å². The summed E-state index contributed by atoms with van der Waals surface area (Å²) in [5.74, 6) is 0.155. The minimum atomic E-state index is -0.0939. The molecular weight excluding hydrogens is 376 g/mol. The van der Waals surface area contributed by atoms with Crippen LogP contribution in [0, 0.1) is 5.92 Å². The number of nitrogens with zero attached hydrogens (tertiary/aromatic N) is 3. The summed E-state index contributed by atoms with van der Waals surface area (Å²) in [5, 5.41) is 6.19. The predicted molar refractivity (Wildman–Crippen MR) is 109 cm³/mol. The van der Waals surface area contributed by atoms with E-state index in [1.54, 1.807) is 11.3 Å². The first-order valence-electron chi connectivity index (χ1n) is 10.4. The van der Waals surface area contributed by atoms with Crippen molar-refractivity contribution in [1.29, 1.82) is 0 Å². The monoisotopic (exact) mass is 408 g/mol. The third-order valence-corrected chi connectivity index (χ3v) is 6.43. The highest BCUT2D eigenvalue weighted by Crippen LogP contribution is 2.18. The number of hydrogen-bond donors (Lipinski definition) is 1. The van der Waals surface area contributed by atoms with E-state index < -0.39 is 0 Å². The van der Waals surface area contributed by atoms with E-state index in [9.17, 15) is 9.59 Å². The van der Waals surface area contributed by atoms with Gasteiger partial charge in [-0.1, -0.05) is 6.92 Å². The number of ether oxygens (including phenoxy) is 1. The van der Waals surface area contributed by atoms with Crippen molar-refractivity contribution in [1.82, 2.24) is 20.1 Å². The van der Waals surface area contributed by atoms with Crippen LogP contribution in [0.4, 0.5) is 0 Å². The molecule has 1 aromatic heterocycles. The number of aromatic nitrogens is 1. The number of piperidine rings is 1. The fraction of sp³-hybridized carbons (Fsp3) is 0.750. The minimum Gasteiger partial charge on any atom is -0.379 e. The smallest absolute Gasteiger partial charge is 0.224 e. The number of carbonyl (C=O) groups excluding carboxylic acids is 2. The van der Waals surface area contributed by atoms with Gasteiger partial charge in [-0.05, 0) is 19.3 Å². The van der Waals surface area contributed by atoms with E-state index in [0.29, 0.717) is 25.9 Å². The van der Waals surface area contributed by atoms with Gasteiger partial charge in [0.05, 0.1) is 29.8 Å². The molecule has 1 atom stereocenters. The number of likely N-dealkylation sites (tertiary alicyclic amines) is 1. The van der Waals surface area contributed by atoms with Crippen LogP contribution in [0.2, 0.25) is 0 Å². The number of thiazole rings is 1. The Labute approximate surface area is 171 Å². The molecule has 2 aliphatic heterocycles. The number of rotatable bonds is 9. The molecule has 1 N–H and O–H groups in total. The van der Waals surface area contributed by atoms with Crippen LogP contribution in [-0.4, -0.2) is 79.1 Å². The van der Waals surface area contributed by atoms with E-state index in [1.807, 2.05) is 4.90 Å².